The SMILES string of the molecule is COc1cc2c(cc1F)[nH]c(=S)n2CC1CSCCS1. The third kappa shape index (κ3) is 2.71. The van der Waals surface area contributed by atoms with Crippen molar-refractivity contribution in [3.8, 4) is 5.75 Å². The van der Waals surface area contributed by atoms with Gasteiger partial charge in [0.05, 0.1) is 18.1 Å². The van der Waals surface area contributed by atoms with Crippen LogP contribution in [0.4, 0.5) is 4.39 Å². The maximum Gasteiger partial charge on any atom is 0.178 e. The lowest BCUT2D eigenvalue weighted by atomic mass is 10.3. The number of methoxy groups -OCH3 is 1. The van der Waals surface area contributed by atoms with E-state index in [9.17, 15) is 4.39 Å². The van der Waals surface area contributed by atoms with Gasteiger partial charge in [-0.05, 0) is 12.2 Å². The topological polar surface area (TPSA) is 29.9 Å². The summed E-state index contributed by atoms with van der Waals surface area (Å²) < 4.78 is 21.5. The normalized spacial score (nSPS) is 19.4. The van der Waals surface area contributed by atoms with Crippen LogP contribution in [-0.4, -0.2) is 39.2 Å². The zero-order valence-corrected chi connectivity index (χ0v) is 13.5. The molecule has 0 bridgehead atoms. The van der Waals surface area contributed by atoms with Gasteiger partial charge in [-0.3, -0.25) is 0 Å². The number of hydrogen-bond acceptors (Lipinski definition) is 4. The van der Waals surface area contributed by atoms with E-state index in [0.29, 0.717) is 10.0 Å². The summed E-state index contributed by atoms with van der Waals surface area (Å²) in [5.74, 6) is 3.43. The molecule has 3 rings (SSSR count). The minimum atomic E-state index is -0.369. The van der Waals surface area contributed by atoms with Crippen molar-refractivity contribution in [1.29, 1.82) is 0 Å². The molecule has 1 aliphatic rings. The second-order valence-electron chi connectivity index (χ2n) is 4.61. The number of ether oxygens (including phenoxy) is 1. The number of thioether (sulfide) groups is 2. The Morgan fingerprint density at radius 3 is 3.05 bits per heavy atom. The molecular weight excluding hydrogens is 315 g/mol. The Balaban J connectivity index is 2.00. The molecule has 0 saturated carbocycles. The quantitative estimate of drug-likeness (QED) is 0.869. The van der Waals surface area contributed by atoms with Gasteiger partial charge in [-0.15, -0.1) is 0 Å². The van der Waals surface area contributed by atoms with Crippen molar-refractivity contribution in [2.75, 3.05) is 24.4 Å². The molecular formula is C13H15FN2OS3. The Labute approximate surface area is 130 Å². The molecule has 7 heteroatoms. The van der Waals surface area contributed by atoms with Crippen molar-refractivity contribution >= 4 is 46.8 Å². The Hall–Kier alpha value is -0.660. The molecule has 1 fully saturated rings. The summed E-state index contributed by atoms with van der Waals surface area (Å²) in [5, 5.41) is 0.551. The van der Waals surface area contributed by atoms with Crippen LogP contribution in [0.15, 0.2) is 12.1 Å². The predicted octanol–water partition coefficient (Wildman–Crippen LogP) is 3.70. The highest BCUT2D eigenvalue weighted by Crippen LogP contribution is 2.29. The van der Waals surface area contributed by atoms with E-state index in [4.69, 9.17) is 17.0 Å². The van der Waals surface area contributed by atoms with E-state index < -0.39 is 0 Å². The number of aromatic nitrogens is 2. The van der Waals surface area contributed by atoms with Crippen molar-refractivity contribution in [3.63, 3.8) is 0 Å². The fourth-order valence-electron chi connectivity index (χ4n) is 2.34. The van der Waals surface area contributed by atoms with Gasteiger partial charge < -0.3 is 14.3 Å². The van der Waals surface area contributed by atoms with Gasteiger partial charge in [-0.1, -0.05) is 0 Å². The summed E-state index contributed by atoms with van der Waals surface area (Å²) in [7, 11) is 1.48. The lowest BCUT2D eigenvalue weighted by Crippen LogP contribution is -2.20. The molecule has 2 aromatic rings. The number of benzene rings is 1. The predicted molar refractivity (Wildman–Crippen MR) is 87.2 cm³/mol. The highest BCUT2D eigenvalue weighted by atomic mass is 32.2. The second kappa shape index (κ2) is 5.99. The molecule has 2 heterocycles. The molecule has 1 saturated heterocycles. The Kier molecular flexibility index (Phi) is 4.28. The summed E-state index contributed by atoms with van der Waals surface area (Å²) in [4.78, 5) is 3.07. The molecule has 1 atom stereocenters. The minimum Gasteiger partial charge on any atom is -0.494 e. The fraction of sp³-hybridized carbons (Fsp3) is 0.462. The van der Waals surface area contributed by atoms with Crippen LogP contribution in [0.1, 0.15) is 0 Å². The highest BCUT2D eigenvalue weighted by molar-refractivity contribution is 8.06. The van der Waals surface area contributed by atoms with E-state index in [2.05, 4.69) is 9.55 Å². The van der Waals surface area contributed by atoms with Crippen LogP contribution >= 0.6 is 35.7 Å². The average molecular weight is 330 g/mol. The standard InChI is InChI=1S/C13H15FN2OS3/c1-17-12-5-11-10(4-9(12)14)15-13(18)16(11)6-8-7-19-2-3-20-8/h4-5,8H,2-3,6-7H2,1H3,(H,15,18). The first kappa shape index (κ1) is 14.3. The third-order valence-corrected chi connectivity index (χ3v) is 6.47. The molecule has 0 spiro atoms. The number of aromatic amines is 1. The maximum atomic E-state index is 13.7. The van der Waals surface area contributed by atoms with Crippen LogP contribution in [0.5, 0.6) is 5.75 Å². The van der Waals surface area contributed by atoms with Gasteiger partial charge in [0, 0.05) is 41.2 Å². The van der Waals surface area contributed by atoms with Gasteiger partial charge in [0.2, 0.25) is 0 Å². The average Bonchev–Trinajstić information content (AvgIpc) is 2.74. The van der Waals surface area contributed by atoms with E-state index in [0.717, 1.165) is 23.3 Å². The molecule has 20 heavy (non-hydrogen) atoms. The van der Waals surface area contributed by atoms with Crippen LogP contribution in [0, 0.1) is 10.6 Å². The molecule has 108 valence electrons. The number of fused-ring (bicyclic) bond motifs is 1. The summed E-state index contributed by atoms with van der Waals surface area (Å²) in [6.45, 7) is 0.852. The van der Waals surface area contributed by atoms with E-state index >= 15 is 0 Å². The van der Waals surface area contributed by atoms with Crippen molar-refractivity contribution in [3.05, 3.63) is 22.7 Å². The molecule has 1 unspecified atom stereocenters. The molecule has 3 nitrogen and oxygen atoms in total. The number of halogens is 1. The van der Waals surface area contributed by atoms with E-state index in [1.165, 1.54) is 24.7 Å². The molecule has 1 aliphatic heterocycles. The van der Waals surface area contributed by atoms with Gasteiger partial charge >= 0.3 is 0 Å². The van der Waals surface area contributed by atoms with Gasteiger partial charge in [-0.2, -0.15) is 23.5 Å². The first-order chi connectivity index (χ1) is 9.69. The van der Waals surface area contributed by atoms with Crippen LogP contribution in [0.3, 0.4) is 0 Å². The minimum absolute atomic E-state index is 0.255. The molecule has 0 aliphatic carbocycles. The zero-order chi connectivity index (χ0) is 14.1. The third-order valence-electron chi connectivity index (χ3n) is 3.32. The van der Waals surface area contributed by atoms with Crippen LogP contribution in [0.25, 0.3) is 11.0 Å². The Morgan fingerprint density at radius 1 is 1.50 bits per heavy atom. The number of hydrogen-bond donors (Lipinski definition) is 1. The molecule has 1 aromatic carbocycles. The fourth-order valence-corrected chi connectivity index (χ4v) is 5.28. The van der Waals surface area contributed by atoms with Gasteiger partial charge in [-0.25, -0.2) is 4.39 Å². The Bertz CT molecular complexity index is 676. The number of imidazole rings is 1. The number of nitrogens with zero attached hydrogens (tertiary/aromatic N) is 1. The van der Waals surface area contributed by atoms with Gasteiger partial charge in [0.25, 0.3) is 0 Å². The zero-order valence-electron chi connectivity index (χ0n) is 11.0. The molecule has 0 radical (unpaired) electrons. The highest BCUT2D eigenvalue weighted by Gasteiger charge is 2.17. The smallest absolute Gasteiger partial charge is 0.178 e. The van der Waals surface area contributed by atoms with Gasteiger partial charge in [0.15, 0.2) is 16.3 Å². The monoisotopic (exact) mass is 330 g/mol. The first-order valence-corrected chi connectivity index (χ1v) is 8.95. The first-order valence-electron chi connectivity index (χ1n) is 6.34. The molecule has 0 amide bonds. The van der Waals surface area contributed by atoms with Crippen molar-refractivity contribution in [1.82, 2.24) is 9.55 Å². The summed E-state index contributed by atoms with van der Waals surface area (Å²) in [6.07, 6.45) is 0. The number of rotatable bonds is 3. The molecule has 1 N–H and O–H groups in total. The second-order valence-corrected chi connectivity index (χ2v) is 7.56. The summed E-state index contributed by atoms with van der Waals surface area (Å²) >= 11 is 9.34. The Morgan fingerprint density at radius 2 is 2.35 bits per heavy atom. The number of H-pyrrole nitrogens is 1. The van der Waals surface area contributed by atoms with Crippen LogP contribution < -0.4 is 4.74 Å². The lowest BCUT2D eigenvalue weighted by molar-refractivity contribution is 0.387. The number of nitrogens with one attached hydrogen (secondary N) is 1. The summed E-state index contributed by atoms with van der Waals surface area (Å²) in [6, 6.07) is 3.17. The van der Waals surface area contributed by atoms with Gasteiger partial charge in [0.1, 0.15) is 0 Å². The van der Waals surface area contributed by atoms with Crippen LogP contribution in [0.2, 0.25) is 0 Å². The van der Waals surface area contributed by atoms with Crippen molar-refractivity contribution < 1.29 is 9.13 Å². The maximum absolute atomic E-state index is 13.7. The van der Waals surface area contributed by atoms with Crippen LogP contribution in [-0.2, 0) is 6.54 Å². The van der Waals surface area contributed by atoms with E-state index in [-0.39, 0.29) is 11.6 Å². The van der Waals surface area contributed by atoms with Crippen molar-refractivity contribution in [2.45, 2.75) is 11.8 Å². The van der Waals surface area contributed by atoms with E-state index in [1.54, 1.807) is 6.07 Å². The lowest BCUT2D eigenvalue weighted by Gasteiger charge is -2.21. The largest absolute Gasteiger partial charge is 0.494 e. The van der Waals surface area contributed by atoms with E-state index in [1.807, 2.05) is 23.5 Å². The summed E-state index contributed by atoms with van der Waals surface area (Å²) in [5.41, 5.74) is 1.63. The molecule has 1 aromatic heterocycles. The van der Waals surface area contributed by atoms with Crippen molar-refractivity contribution in [2.24, 2.45) is 0 Å².